The van der Waals surface area contributed by atoms with E-state index in [2.05, 4.69) is 36.3 Å². The van der Waals surface area contributed by atoms with Crippen LogP contribution in [0, 0.1) is 0 Å². The molecule has 1 aromatic rings. The highest BCUT2D eigenvalue weighted by molar-refractivity contribution is 5.25. The van der Waals surface area contributed by atoms with Gasteiger partial charge in [0.25, 0.3) is 0 Å². The van der Waals surface area contributed by atoms with E-state index in [1.807, 2.05) is 0 Å². The van der Waals surface area contributed by atoms with Crippen LogP contribution in [0.25, 0.3) is 0 Å². The number of nitrogens with one attached hydrogen (secondary N) is 1. The number of nitrogens with zero attached hydrogens (tertiary/aromatic N) is 1. The maximum absolute atomic E-state index is 6.04. The molecule has 1 N–H and O–H groups in total. The molecule has 1 aliphatic heterocycles. The molecule has 0 saturated carbocycles. The number of pyridine rings is 1. The molecular weight excluding hydrogens is 252 g/mol. The van der Waals surface area contributed by atoms with Crippen LogP contribution in [0.2, 0.25) is 0 Å². The number of hydrogen-bond acceptors (Lipinski definition) is 4. The van der Waals surface area contributed by atoms with Crippen molar-refractivity contribution in [1.29, 1.82) is 0 Å². The van der Waals surface area contributed by atoms with Crippen LogP contribution < -0.4 is 10.1 Å². The Balaban J connectivity index is 2.06. The molecule has 0 amide bonds. The zero-order valence-corrected chi connectivity index (χ0v) is 12.7. The summed E-state index contributed by atoms with van der Waals surface area (Å²) in [4.78, 5) is 4.63. The van der Waals surface area contributed by atoms with Crippen molar-refractivity contribution in [2.45, 2.75) is 52.2 Å². The van der Waals surface area contributed by atoms with Crippen LogP contribution in [0.4, 0.5) is 0 Å². The normalized spacial score (nSPS) is 16.3. The zero-order valence-electron chi connectivity index (χ0n) is 12.7. The molecule has 112 valence electrons. The van der Waals surface area contributed by atoms with Gasteiger partial charge in [0.15, 0.2) is 0 Å². The average Bonchev–Trinajstić information content (AvgIpc) is 2.46. The van der Waals surface area contributed by atoms with Gasteiger partial charge in [-0.25, -0.2) is 4.98 Å². The van der Waals surface area contributed by atoms with E-state index < -0.39 is 0 Å². The van der Waals surface area contributed by atoms with Gasteiger partial charge in [-0.2, -0.15) is 0 Å². The van der Waals surface area contributed by atoms with Crippen molar-refractivity contribution >= 4 is 0 Å². The van der Waals surface area contributed by atoms with Crippen LogP contribution in [0.5, 0.6) is 5.88 Å². The molecule has 1 aliphatic rings. The largest absolute Gasteiger partial charge is 0.474 e. The third kappa shape index (κ3) is 4.76. The lowest BCUT2D eigenvalue weighted by Crippen LogP contribution is -2.26. The molecule has 0 atom stereocenters. The molecule has 1 aromatic heterocycles. The minimum Gasteiger partial charge on any atom is -0.474 e. The second kappa shape index (κ2) is 8.22. The summed E-state index contributed by atoms with van der Waals surface area (Å²) in [6, 6.07) is 4.25. The number of aryl methyl sites for hydroxylation is 1. The van der Waals surface area contributed by atoms with Crippen LogP contribution in [0.15, 0.2) is 12.1 Å². The van der Waals surface area contributed by atoms with E-state index in [4.69, 9.17) is 9.47 Å². The van der Waals surface area contributed by atoms with Gasteiger partial charge in [0.2, 0.25) is 5.88 Å². The average molecular weight is 278 g/mol. The summed E-state index contributed by atoms with van der Waals surface area (Å²) in [6.07, 6.45) is 4.28. The Morgan fingerprint density at radius 2 is 2.10 bits per heavy atom. The first-order chi connectivity index (χ1) is 9.81. The number of ether oxygens (including phenoxy) is 2. The Hall–Kier alpha value is -1.13. The topological polar surface area (TPSA) is 43.4 Å². The molecule has 4 heteroatoms. The van der Waals surface area contributed by atoms with Gasteiger partial charge >= 0.3 is 0 Å². The molecule has 0 aromatic carbocycles. The Labute approximate surface area is 121 Å². The summed E-state index contributed by atoms with van der Waals surface area (Å²) >= 11 is 0. The maximum Gasteiger partial charge on any atom is 0.214 e. The fraction of sp³-hybridized carbons (Fsp3) is 0.688. The molecule has 2 heterocycles. The van der Waals surface area contributed by atoms with Gasteiger partial charge in [-0.3, -0.25) is 0 Å². The number of hydrogen-bond donors (Lipinski definition) is 1. The fourth-order valence-electron chi connectivity index (χ4n) is 2.40. The Kier molecular flexibility index (Phi) is 6.27. The summed E-state index contributed by atoms with van der Waals surface area (Å²) in [5.41, 5.74) is 2.39. The molecule has 1 fully saturated rings. The van der Waals surface area contributed by atoms with Gasteiger partial charge in [0, 0.05) is 31.1 Å². The van der Waals surface area contributed by atoms with Crippen molar-refractivity contribution < 1.29 is 9.47 Å². The van der Waals surface area contributed by atoms with Crippen LogP contribution in [-0.4, -0.2) is 30.8 Å². The molecule has 0 bridgehead atoms. The lowest BCUT2D eigenvalue weighted by atomic mass is 10.1. The fourth-order valence-corrected chi connectivity index (χ4v) is 2.40. The van der Waals surface area contributed by atoms with Gasteiger partial charge < -0.3 is 14.8 Å². The third-order valence-corrected chi connectivity index (χ3v) is 3.46. The van der Waals surface area contributed by atoms with Crippen molar-refractivity contribution in [2.24, 2.45) is 0 Å². The predicted octanol–water partition coefficient (Wildman–Crippen LogP) is 2.70. The van der Waals surface area contributed by atoms with Crippen molar-refractivity contribution in [3.63, 3.8) is 0 Å². The van der Waals surface area contributed by atoms with E-state index in [9.17, 15) is 0 Å². The summed E-state index contributed by atoms with van der Waals surface area (Å²) in [5.74, 6) is 0.774. The Morgan fingerprint density at radius 1 is 1.30 bits per heavy atom. The van der Waals surface area contributed by atoms with Crippen LogP contribution in [-0.2, 0) is 17.7 Å². The molecule has 0 spiro atoms. The second-order valence-corrected chi connectivity index (χ2v) is 5.26. The van der Waals surface area contributed by atoms with E-state index in [0.717, 1.165) is 63.6 Å². The molecule has 0 radical (unpaired) electrons. The van der Waals surface area contributed by atoms with E-state index in [1.54, 1.807) is 0 Å². The highest BCUT2D eigenvalue weighted by Gasteiger charge is 2.16. The Morgan fingerprint density at radius 3 is 2.80 bits per heavy atom. The van der Waals surface area contributed by atoms with Crippen LogP contribution >= 0.6 is 0 Å². The molecular formula is C16H26N2O2. The summed E-state index contributed by atoms with van der Waals surface area (Å²) in [5, 5.41) is 3.36. The molecule has 0 aliphatic carbocycles. The highest BCUT2D eigenvalue weighted by Crippen LogP contribution is 2.19. The number of aromatic nitrogens is 1. The van der Waals surface area contributed by atoms with Crippen LogP contribution in [0.1, 0.15) is 44.4 Å². The summed E-state index contributed by atoms with van der Waals surface area (Å²) < 4.78 is 11.4. The van der Waals surface area contributed by atoms with E-state index in [0.29, 0.717) is 0 Å². The smallest absolute Gasteiger partial charge is 0.214 e. The highest BCUT2D eigenvalue weighted by atomic mass is 16.5. The minimum absolute atomic E-state index is 0.250. The molecule has 20 heavy (non-hydrogen) atoms. The lowest BCUT2D eigenvalue weighted by Gasteiger charge is -2.23. The second-order valence-electron chi connectivity index (χ2n) is 5.26. The minimum atomic E-state index is 0.250. The summed E-state index contributed by atoms with van der Waals surface area (Å²) in [7, 11) is 0. The summed E-state index contributed by atoms with van der Waals surface area (Å²) in [6.45, 7) is 7.74. The zero-order chi connectivity index (χ0) is 14.2. The van der Waals surface area contributed by atoms with E-state index in [1.165, 1.54) is 5.56 Å². The SMILES string of the molecule is CCCc1cc(CNCC)cc(OC2CCOCC2)n1. The van der Waals surface area contributed by atoms with Crippen molar-refractivity contribution in [3.05, 3.63) is 23.4 Å². The Bertz CT molecular complexity index is 403. The first-order valence-electron chi connectivity index (χ1n) is 7.76. The van der Waals surface area contributed by atoms with Crippen molar-refractivity contribution in [2.75, 3.05) is 19.8 Å². The predicted molar refractivity (Wildman–Crippen MR) is 80.1 cm³/mol. The van der Waals surface area contributed by atoms with Gasteiger partial charge in [0.05, 0.1) is 13.2 Å². The maximum atomic E-state index is 6.04. The molecule has 0 unspecified atom stereocenters. The van der Waals surface area contributed by atoms with E-state index in [-0.39, 0.29) is 6.10 Å². The van der Waals surface area contributed by atoms with Gasteiger partial charge in [0.1, 0.15) is 6.10 Å². The number of rotatable bonds is 7. The van der Waals surface area contributed by atoms with Gasteiger partial charge in [-0.15, -0.1) is 0 Å². The molecule has 2 rings (SSSR count). The van der Waals surface area contributed by atoms with E-state index >= 15 is 0 Å². The van der Waals surface area contributed by atoms with Crippen molar-refractivity contribution in [1.82, 2.24) is 10.3 Å². The quantitative estimate of drug-likeness (QED) is 0.833. The standard InChI is InChI=1S/C16H26N2O2/c1-3-5-14-10-13(12-17-4-2)11-16(18-14)20-15-6-8-19-9-7-15/h10-11,15,17H,3-9,12H2,1-2H3. The first kappa shape index (κ1) is 15.3. The lowest BCUT2D eigenvalue weighted by molar-refractivity contribution is 0.0236. The third-order valence-electron chi connectivity index (χ3n) is 3.46. The van der Waals surface area contributed by atoms with Crippen molar-refractivity contribution in [3.8, 4) is 5.88 Å². The van der Waals surface area contributed by atoms with Crippen LogP contribution in [0.3, 0.4) is 0 Å². The molecule has 1 saturated heterocycles. The molecule has 4 nitrogen and oxygen atoms in total. The van der Waals surface area contributed by atoms with Gasteiger partial charge in [-0.05, 0) is 24.6 Å². The monoisotopic (exact) mass is 278 g/mol. The first-order valence-corrected chi connectivity index (χ1v) is 7.76. The van der Waals surface area contributed by atoms with Gasteiger partial charge in [-0.1, -0.05) is 20.3 Å².